The van der Waals surface area contributed by atoms with Gasteiger partial charge in [-0.2, -0.15) is 0 Å². The number of furan rings is 2. The maximum atomic E-state index is 6.70. The second-order valence-corrected chi connectivity index (χ2v) is 14.1. The molecule has 0 saturated carbocycles. The quantitative estimate of drug-likeness (QED) is 0.164. The third kappa shape index (κ3) is 5.23. The highest BCUT2D eigenvalue weighted by Gasteiger charge is 2.21. The summed E-state index contributed by atoms with van der Waals surface area (Å²) >= 11 is 0. The minimum atomic E-state index is 0.853. The van der Waals surface area contributed by atoms with Gasteiger partial charge in [0, 0.05) is 60.9 Å². The fourth-order valence-electron chi connectivity index (χ4n) is 8.25. The van der Waals surface area contributed by atoms with Crippen LogP contribution in [0.5, 0.6) is 0 Å². The van der Waals surface area contributed by atoms with Crippen molar-refractivity contribution in [3.8, 4) is 11.1 Å². The minimum Gasteiger partial charge on any atom is -0.455 e. The molecule has 0 aliphatic rings. The van der Waals surface area contributed by atoms with Crippen molar-refractivity contribution < 1.29 is 8.83 Å². The molecule has 11 rings (SSSR count). The lowest BCUT2D eigenvalue weighted by Gasteiger charge is -2.29. The van der Waals surface area contributed by atoms with Crippen molar-refractivity contribution >= 4 is 88.8 Å². The number of hydrogen-bond donors (Lipinski definition) is 0. The SMILES string of the molecule is c1ccc(N(c2ccc(-c3cccc4c3oc3c5ccccc5ccc43)cc2)c2cccc(N(c3ccccc3)c3cccc4c3oc3ccccc34)c2)cc1. The summed E-state index contributed by atoms with van der Waals surface area (Å²) in [5.74, 6) is 0. The van der Waals surface area contributed by atoms with E-state index in [1.54, 1.807) is 0 Å². The molecule has 0 N–H and O–H groups in total. The van der Waals surface area contributed by atoms with E-state index in [2.05, 4.69) is 204 Å². The van der Waals surface area contributed by atoms with Gasteiger partial charge in [-0.15, -0.1) is 0 Å². The third-order valence-electron chi connectivity index (χ3n) is 10.8. The standard InChI is InChI=1S/C52H34N2O2/c1-3-15-37(16-4-1)53(39-31-28-36(29-32-39)43-23-12-24-46-47-33-30-35-14-7-8-21-42(35)51(47)56-50(43)46)40-19-11-20-41(34-40)54(38-17-5-2-6-18-38)48-26-13-25-45-44-22-9-10-27-49(44)55-52(45)48/h1-34H. The van der Waals surface area contributed by atoms with E-state index in [0.29, 0.717) is 0 Å². The molecule has 4 nitrogen and oxygen atoms in total. The zero-order valence-corrected chi connectivity index (χ0v) is 30.3. The molecule has 9 aromatic carbocycles. The van der Waals surface area contributed by atoms with Crippen LogP contribution in [0.2, 0.25) is 0 Å². The second-order valence-electron chi connectivity index (χ2n) is 14.1. The van der Waals surface area contributed by atoms with Crippen LogP contribution < -0.4 is 9.80 Å². The van der Waals surface area contributed by atoms with Crippen LogP contribution in [0, 0.1) is 0 Å². The minimum absolute atomic E-state index is 0.853. The van der Waals surface area contributed by atoms with Crippen LogP contribution >= 0.6 is 0 Å². The van der Waals surface area contributed by atoms with Crippen molar-refractivity contribution in [3.05, 3.63) is 206 Å². The number of rotatable bonds is 7. The van der Waals surface area contributed by atoms with Gasteiger partial charge in [-0.05, 0) is 83.7 Å². The molecule has 264 valence electrons. The fourth-order valence-corrected chi connectivity index (χ4v) is 8.25. The summed E-state index contributed by atoms with van der Waals surface area (Å²) in [5, 5.41) is 6.75. The summed E-state index contributed by atoms with van der Waals surface area (Å²) in [7, 11) is 0. The predicted octanol–water partition coefficient (Wildman–Crippen LogP) is 15.2. The van der Waals surface area contributed by atoms with Gasteiger partial charge in [-0.25, -0.2) is 0 Å². The maximum Gasteiger partial charge on any atom is 0.159 e. The van der Waals surface area contributed by atoms with Crippen LogP contribution in [0.3, 0.4) is 0 Å². The average molecular weight is 719 g/mol. The maximum absolute atomic E-state index is 6.70. The van der Waals surface area contributed by atoms with Crippen molar-refractivity contribution in [3.63, 3.8) is 0 Å². The first-order valence-electron chi connectivity index (χ1n) is 18.9. The fraction of sp³-hybridized carbons (Fsp3) is 0. The third-order valence-corrected chi connectivity index (χ3v) is 10.8. The van der Waals surface area contributed by atoms with Crippen LogP contribution in [0.25, 0.3) is 65.8 Å². The number of benzene rings is 9. The van der Waals surface area contributed by atoms with E-state index in [0.717, 1.165) is 94.5 Å². The molecular formula is C52H34N2O2. The summed E-state index contributed by atoms with van der Waals surface area (Å²) in [4.78, 5) is 4.60. The number of fused-ring (bicyclic) bond motifs is 8. The van der Waals surface area contributed by atoms with Gasteiger partial charge in [0.2, 0.25) is 0 Å². The summed E-state index contributed by atoms with van der Waals surface area (Å²) in [5.41, 5.74) is 11.9. The van der Waals surface area contributed by atoms with Crippen LogP contribution in [0.15, 0.2) is 215 Å². The normalized spacial score (nSPS) is 11.6. The second kappa shape index (κ2) is 13.1. The molecule has 2 heterocycles. The average Bonchev–Trinajstić information content (AvgIpc) is 3.85. The molecule has 0 fully saturated rings. The molecule has 0 spiro atoms. The van der Waals surface area contributed by atoms with E-state index in [9.17, 15) is 0 Å². The number of anilines is 6. The summed E-state index contributed by atoms with van der Waals surface area (Å²) in [6.45, 7) is 0. The Balaban J connectivity index is 1.03. The van der Waals surface area contributed by atoms with Gasteiger partial charge in [0.05, 0.1) is 5.69 Å². The molecule has 0 bridgehead atoms. The molecule has 2 aromatic heterocycles. The van der Waals surface area contributed by atoms with Crippen molar-refractivity contribution in [2.45, 2.75) is 0 Å². The molecule has 56 heavy (non-hydrogen) atoms. The van der Waals surface area contributed by atoms with Gasteiger partial charge in [0.1, 0.15) is 16.7 Å². The van der Waals surface area contributed by atoms with Crippen molar-refractivity contribution in [2.24, 2.45) is 0 Å². The lowest BCUT2D eigenvalue weighted by atomic mass is 10.0. The zero-order chi connectivity index (χ0) is 37.0. The van der Waals surface area contributed by atoms with E-state index in [4.69, 9.17) is 8.83 Å². The smallest absolute Gasteiger partial charge is 0.159 e. The first-order chi connectivity index (χ1) is 27.8. The molecule has 0 saturated heterocycles. The van der Waals surface area contributed by atoms with Gasteiger partial charge in [0.25, 0.3) is 0 Å². The monoisotopic (exact) mass is 718 g/mol. The molecule has 11 aromatic rings. The molecule has 0 radical (unpaired) electrons. The first-order valence-corrected chi connectivity index (χ1v) is 18.9. The molecule has 0 amide bonds. The van der Waals surface area contributed by atoms with Gasteiger partial charge < -0.3 is 18.6 Å². The van der Waals surface area contributed by atoms with E-state index >= 15 is 0 Å². The summed E-state index contributed by atoms with van der Waals surface area (Å²) in [6, 6.07) is 72.5. The van der Waals surface area contributed by atoms with E-state index in [1.165, 1.54) is 5.39 Å². The Hall–Kier alpha value is -7.56. The van der Waals surface area contributed by atoms with E-state index < -0.39 is 0 Å². The topological polar surface area (TPSA) is 32.8 Å². The summed E-state index contributed by atoms with van der Waals surface area (Å²) < 4.78 is 13.3. The molecule has 0 atom stereocenters. The molecule has 4 heteroatoms. The van der Waals surface area contributed by atoms with Gasteiger partial charge in [0.15, 0.2) is 5.58 Å². The van der Waals surface area contributed by atoms with Gasteiger partial charge in [-0.3, -0.25) is 0 Å². The van der Waals surface area contributed by atoms with Gasteiger partial charge >= 0.3 is 0 Å². The molecule has 0 aliphatic carbocycles. The largest absolute Gasteiger partial charge is 0.455 e. The van der Waals surface area contributed by atoms with Crippen molar-refractivity contribution in [1.82, 2.24) is 0 Å². The first kappa shape index (κ1) is 31.9. The van der Waals surface area contributed by atoms with E-state index in [-0.39, 0.29) is 0 Å². The Morgan fingerprint density at radius 3 is 1.64 bits per heavy atom. The highest BCUT2D eigenvalue weighted by Crippen LogP contribution is 2.45. The molecular weight excluding hydrogens is 685 g/mol. The zero-order valence-electron chi connectivity index (χ0n) is 30.3. The predicted molar refractivity (Wildman–Crippen MR) is 233 cm³/mol. The Kier molecular flexibility index (Phi) is 7.46. The Morgan fingerprint density at radius 1 is 0.304 bits per heavy atom. The van der Waals surface area contributed by atoms with Crippen LogP contribution in [-0.4, -0.2) is 0 Å². The Labute approximate surface area is 323 Å². The highest BCUT2D eigenvalue weighted by molar-refractivity contribution is 6.17. The molecule has 0 aliphatic heterocycles. The van der Waals surface area contributed by atoms with Gasteiger partial charge in [-0.1, -0.05) is 133 Å². The summed E-state index contributed by atoms with van der Waals surface area (Å²) in [6.07, 6.45) is 0. The van der Waals surface area contributed by atoms with Crippen molar-refractivity contribution in [1.29, 1.82) is 0 Å². The number of para-hydroxylation sites is 5. The lowest BCUT2D eigenvalue weighted by molar-refractivity contribution is 0.669. The Morgan fingerprint density at radius 2 is 0.857 bits per heavy atom. The van der Waals surface area contributed by atoms with Crippen LogP contribution in [-0.2, 0) is 0 Å². The van der Waals surface area contributed by atoms with Crippen LogP contribution in [0.1, 0.15) is 0 Å². The van der Waals surface area contributed by atoms with Crippen LogP contribution in [0.4, 0.5) is 34.1 Å². The lowest BCUT2D eigenvalue weighted by Crippen LogP contribution is -2.13. The number of hydrogen-bond acceptors (Lipinski definition) is 4. The molecule has 0 unspecified atom stereocenters. The highest BCUT2D eigenvalue weighted by atomic mass is 16.3. The van der Waals surface area contributed by atoms with Crippen molar-refractivity contribution in [2.75, 3.05) is 9.80 Å². The van der Waals surface area contributed by atoms with E-state index in [1.807, 2.05) is 12.1 Å². The number of nitrogens with zero attached hydrogens (tertiary/aromatic N) is 2. The Bertz CT molecular complexity index is 3200.